The summed E-state index contributed by atoms with van der Waals surface area (Å²) in [5, 5.41) is 2.13. The molecule has 0 atom stereocenters. The van der Waals surface area contributed by atoms with Gasteiger partial charge in [0.05, 0.1) is 5.02 Å². The Morgan fingerprint density at radius 1 is 1.12 bits per heavy atom. The number of H-pyrrole nitrogens is 1. The monoisotopic (exact) mass is 235 g/mol. The quantitative estimate of drug-likeness (QED) is 0.745. The van der Waals surface area contributed by atoms with E-state index in [2.05, 4.69) is 25.8 Å². The van der Waals surface area contributed by atoms with E-state index in [0.717, 1.165) is 10.9 Å². The summed E-state index contributed by atoms with van der Waals surface area (Å²) < 4.78 is 0. The largest absolute Gasteiger partial charge is 0.329 e. The third kappa shape index (κ3) is 1.74. The summed E-state index contributed by atoms with van der Waals surface area (Å²) >= 11 is 6.35. The van der Waals surface area contributed by atoms with Gasteiger partial charge >= 0.3 is 0 Å². The van der Waals surface area contributed by atoms with E-state index in [9.17, 15) is 4.79 Å². The van der Waals surface area contributed by atoms with Crippen LogP contribution in [-0.2, 0) is 5.41 Å². The number of rotatable bonds is 0. The van der Waals surface area contributed by atoms with Crippen LogP contribution in [0, 0.1) is 0 Å². The van der Waals surface area contributed by atoms with Crippen molar-refractivity contribution >= 4 is 22.4 Å². The summed E-state index contributed by atoms with van der Waals surface area (Å²) in [4.78, 5) is 14.2. The van der Waals surface area contributed by atoms with Crippen LogP contribution in [0.3, 0.4) is 0 Å². The zero-order valence-electron chi connectivity index (χ0n) is 9.60. The number of benzene rings is 1. The highest BCUT2D eigenvalue weighted by atomic mass is 35.5. The Morgan fingerprint density at radius 2 is 1.81 bits per heavy atom. The summed E-state index contributed by atoms with van der Waals surface area (Å²) in [5.74, 6) is 0. The first-order valence-corrected chi connectivity index (χ1v) is 5.59. The second kappa shape index (κ2) is 3.63. The molecular weight excluding hydrogens is 222 g/mol. The minimum Gasteiger partial charge on any atom is -0.329 e. The molecule has 1 aromatic heterocycles. The molecule has 1 N–H and O–H groups in total. The molecule has 0 amide bonds. The van der Waals surface area contributed by atoms with Crippen molar-refractivity contribution in [3.63, 3.8) is 0 Å². The molecule has 0 bridgehead atoms. The van der Waals surface area contributed by atoms with Crippen molar-refractivity contribution < 1.29 is 0 Å². The number of hydrogen-bond acceptors (Lipinski definition) is 1. The number of aromatic amines is 1. The van der Waals surface area contributed by atoms with Crippen LogP contribution in [0.15, 0.2) is 29.2 Å². The van der Waals surface area contributed by atoms with Gasteiger partial charge in [0.15, 0.2) is 0 Å². The lowest BCUT2D eigenvalue weighted by atomic mass is 9.86. The van der Waals surface area contributed by atoms with Gasteiger partial charge in [0.1, 0.15) is 0 Å². The average molecular weight is 236 g/mol. The minimum absolute atomic E-state index is 0.0200. The molecule has 0 saturated heterocycles. The summed E-state index contributed by atoms with van der Waals surface area (Å²) in [6.45, 7) is 6.31. The minimum atomic E-state index is -0.0974. The van der Waals surface area contributed by atoms with E-state index < -0.39 is 0 Å². The molecular formula is C13H14ClNO. The molecule has 1 aromatic carbocycles. The van der Waals surface area contributed by atoms with E-state index in [4.69, 9.17) is 11.6 Å². The second-order valence-electron chi connectivity index (χ2n) is 4.95. The Labute approximate surface area is 99.3 Å². The average Bonchev–Trinajstić information content (AvgIpc) is 2.18. The summed E-state index contributed by atoms with van der Waals surface area (Å²) in [6, 6.07) is 5.61. The van der Waals surface area contributed by atoms with Crippen LogP contribution >= 0.6 is 11.6 Å². The maximum absolute atomic E-state index is 11.6. The summed E-state index contributed by atoms with van der Waals surface area (Å²) in [7, 11) is 0. The van der Waals surface area contributed by atoms with Crippen LogP contribution in [0.1, 0.15) is 26.3 Å². The van der Waals surface area contributed by atoms with Crippen molar-refractivity contribution in [2.75, 3.05) is 0 Å². The third-order valence-electron chi connectivity index (χ3n) is 2.70. The molecule has 0 radical (unpaired) electrons. The van der Waals surface area contributed by atoms with Gasteiger partial charge in [-0.15, -0.1) is 0 Å². The van der Waals surface area contributed by atoms with Crippen LogP contribution in [-0.4, -0.2) is 4.98 Å². The predicted molar refractivity (Wildman–Crippen MR) is 68.3 cm³/mol. The van der Waals surface area contributed by atoms with Gasteiger partial charge in [-0.2, -0.15) is 0 Å². The molecule has 0 aliphatic rings. The molecule has 0 unspecified atom stereocenters. The lowest BCUT2D eigenvalue weighted by molar-refractivity contribution is 0.591. The van der Waals surface area contributed by atoms with Crippen LogP contribution in [0.2, 0.25) is 5.02 Å². The van der Waals surface area contributed by atoms with Gasteiger partial charge in [-0.3, -0.25) is 4.79 Å². The molecule has 0 saturated carbocycles. The Kier molecular flexibility index (Phi) is 2.55. The third-order valence-corrected chi connectivity index (χ3v) is 3.10. The molecule has 3 heteroatoms. The first kappa shape index (κ1) is 11.2. The van der Waals surface area contributed by atoms with Crippen molar-refractivity contribution in [3.05, 3.63) is 45.3 Å². The van der Waals surface area contributed by atoms with Gasteiger partial charge in [0.2, 0.25) is 0 Å². The number of hydrogen-bond donors (Lipinski definition) is 1. The van der Waals surface area contributed by atoms with E-state index in [-0.39, 0.29) is 11.0 Å². The topological polar surface area (TPSA) is 32.9 Å². The first-order chi connectivity index (χ1) is 7.41. The highest BCUT2D eigenvalue weighted by molar-refractivity contribution is 6.36. The van der Waals surface area contributed by atoms with Gasteiger partial charge < -0.3 is 4.98 Å². The fourth-order valence-electron chi connectivity index (χ4n) is 1.81. The Bertz CT molecular complexity index is 593. The molecule has 0 aliphatic heterocycles. The SMILES string of the molecule is CC(C)(C)c1ccc2c(=O)[nH]ccc2c1Cl. The van der Waals surface area contributed by atoms with Crippen LogP contribution in [0.5, 0.6) is 0 Å². The summed E-state index contributed by atoms with van der Waals surface area (Å²) in [6.07, 6.45) is 1.63. The Morgan fingerprint density at radius 3 is 2.44 bits per heavy atom. The van der Waals surface area contributed by atoms with E-state index in [0.29, 0.717) is 10.4 Å². The van der Waals surface area contributed by atoms with Gasteiger partial charge in [-0.1, -0.05) is 38.4 Å². The van der Waals surface area contributed by atoms with Gasteiger partial charge in [0.25, 0.3) is 5.56 Å². The number of halogens is 1. The normalized spacial score (nSPS) is 12.0. The van der Waals surface area contributed by atoms with Gasteiger partial charge in [-0.25, -0.2) is 0 Å². The molecule has 16 heavy (non-hydrogen) atoms. The maximum atomic E-state index is 11.6. The number of pyridine rings is 1. The number of fused-ring (bicyclic) bond motifs is 1. The van der Waals surface area contributed by atoms with E-state index in [1.807, 2.05) is 18.2 Å². The Hall–Kier alpha value is -1.28. The van der Waals surface area contributed by atoms with Crippen molar-refractivity contribution in [3.8, 4) is 0 Å². The standard InChI is InChI=1S/C13H14ClNO/c1-13(2,3)10-5-4-9-8(11(10)14)6-7-15-12(9)16/h4-7H,1-3H3,(H,15,16). The molecule has 2 nitrogen and oxygen atoms in total. The molecule has 2 rings (SSSR count). The second-order valence-corrected chi connectivity index (χ2v) is 5.32. The van der Waals surface area contributed by atoms with Crippen molar-refractivity contribution in [2.24, 2.45) is 0 Å². The van der Waals surface area contributed by atoms with Crippen molar-refractivity contribution in [1.82, 2.24) is 4.98 Å². The molecule has 2 aromatic rings. The van der Waals surface area contributed by atoms with E-state index in [1.54, 1.807) is 6.20 Å². The van der Waals surface area contributed by atoms with E-state index >= 15 is 0 Å². The number of nitrogens with one attached hydrogen (secondary N) is 1. The molecule has 0 aliphatic carbocycles. The highest BCUT2D eigenvalue weighted by Crippen LogP contribution is 2.33. The highest BCUT2D eigenvalue weighted by Gasteiger charge is 2.19. The zero-order valence-corrected chi connectivity index (χ0v) is 10.4. The summed E-state index contributed by atoms with van der Waals surface area (Å²) in [5.41, 5.74) is 0.945. The number of aromatic nitrogens is 1. The lowest BCUT2D eigenvalue weighted by Crippen LogP contribution is -2.13. The van der Waals surface area contributed by atoms with Crippen LogP contribution < -0.4 is 5.56 Å². The Balaban J connectivity index is 2.86. The molecule has 0 spiro atoms. The van der Waals surface area contributed by atoms with Gasteiger partial charge in [0, 0.05) is 17.0 Å². The maximum Gasteiger partial charge on any atom is 0.255 e. The van der Waals surface area contributed by atoms with Crippen molar-refractivity contribution in [2.45, 2.75) is 26.2 Å². The van der Waals surface area contributed by atoms with Crippen molar-refractivity contribution in [1.29, 1.82) is 0 Å². The van der Waals surface area contributed by atoms with Gasteiger partial charge in [-0.05, 0) is 23.1 Å². The zero-order chi connectivity index (χ0) is 11.9. The smallest absolute Gasteiger partial charge is 0.255 e. The fourth-order valence-corrected chi connectivity index (χ4v) is 2.32. The molecule has 84 valence electrons. The van der Waals surface area contributed by atoms with Crippen LogP contribution in [0.4, 0.5) is 0 Å². The fraction of sp³-hybridized carbons (Fsp3) is 0.308. The van der Waals surface area contributed by atoms with E-state index in [1.165, 1.54) is 0 Å². The first-order valence-electron chi connectivity index (χ1n) is 5.21. The lowest BCUT2D eigenvalue weighted by Gasteiger charge is -2.21. The predicted octanol–water partition coefficient (Wildman–Crippen LogP) is 3.48. The molecule has 1 heterocycles. The van der Waals surface area contributed by atoms with Crippen LogP contribution in [0.25, 0.3) is 10.8 Å². The molecule has 0 fully saturated rings.